The van der Waals surface area contributed by atoms with Crippen molar-refractivity contribution in [2.75, 3.05) is 25.6 Å². The predicted molar refractivity (Wildman–Crippen MR) is 111 cm³/mol. The lowest BCUT2D eigenvalue weighted by atomic mass is 10.1. The number of hydrogen-bond donors (Lipinski definition) is 1. The molecular weight excluding hydrogens is 376 g/mol. The fraction of sp³-hybridized carbons (Fsp3) is 0.429. The zero-order chi connectivity index (χ0) is 20.3. The Balaban J connectivity index is 2.24. The number of sulfonamides is 1. The normalized spacial score (nSPS) is 19.1. The molecule has 152 valence electrons. The molecule has 28 heavy (non-hydrogen) atoms. The second-order valence-electron chi connectivity index (χ2n) is 7.05. The largest absolute Gasteiger partial charge is 0.496 e. The molecular formula is C21H28N2O4S. The molecule has 0 saturated carbocycles. The Morgan fingerprint density at radius 1 is 1.21 bits per heavy atom. The highest BCUT2D eigenvalue weighted by Crippen LogP contribution is 2.41. The average Bonchev–Trinajstić information content (AvgIpc) is 2.80. The van der Waals surface area contributed by atoms with Crippen LogP contribution in [0.3, 0.4) is 0 Å². The lowest BCUT2D eigenvalue weighted by molar-refractivity contribution is 0.273. The van der Waals surface area contributed by atoms with Crippen molar-refractivity contribution >= 4 is 21.4 Å². The molecule has 1 aliphatic heterocycles. The second kappa shape index (κ2) is 8.51. The summed E-state index contributed by atoms with van der Waals surface area (Å²) in [5.74, 6) is 0.479. The Labute approximate surface area is 167 Å². The van der Waals surface area contributed by atoms with E-state index < -0.39 is 10.0 Å². The van der Waals surface area contributed by atoms with Crippen LogP contribution in [0.5, 0.6) is 5.75 Å². The molecule has 0 bridgehead atoms. The number of benzene rings is 2. The van der Waals surface area contributed by atoms with E-state index in [0.29, 0.717) is 23.5 Å². The summed E-state index contributed by atoms with van der Waals surface area (Å²) in [4.78, 5) is 2.24. The molecule has 7 heteroatoms. The van der Waals surface area contributed by atoms with Crippen LogP contribution in [0.1, 0.15) is 31.7 Å². The number of ether oxygens (including phenoxy) is 1. The zero-order valence-corrected chi connectivity index (χ0v) is 17.4. The lowest BCUT2D eigenvalue weighted by Crippen LogP contribution is -2.40. The first-order chi connectivity index (χ1) is 13.4. The highest BCUT2D eigenvalue weighted by Gasteiger charge is 2.37. The Kier molecular flexibility index (Phi) is 6.27. The molecule has 1 atom stereocenters. The van der Waals surface area contributed by atoms with Crippen molar-refractivity contribution in [3.63, 3.8) is 0 Å². The van der Waals surface area contributed by atoms with E-state index in [2.05, 4.69) is 6.92 Å². The number of para-hydroxylation sites is 1. The van der Waals surface area contributed by atoms with E-state index in [-0.39, 0.29) is 17.5 Å². The summed E-state index contributed by atoms with van der Waals surface area (Å²) in [5, 5.41) is 9.71. The highest BCUT2D eigenvalue weighted by atomic mass is 32.2. The SMILES string of the molecule is CCCCC1CN(c2ccccc2)c2cc(OC)c(CO)cc2S(=O)(=O)N1C. The third-order valence-electron chi connectivity index (χ3n) is 5.35. The summed E-state index contributed by atoms with van der Waals surface area (Å²) >= 11 is 0. The van der Waals surface area contributed by atoms with E-state index >= 15 is 0 Å². The highest BCUT2D eigenvalue weighted by molar-refractivity contribution is 7.89. The second-order valence-corrected chi connectivity index (χ2v) is 9.02. The van der Waals surface area contributed by atoms with Gasteiger partial charge in [0.05, 0.1) is 19.4 Å². The van der Waals surface area contributed by atoms with Crippen molar-refractivity contribution in [2.24, 2.45) is 0 Å². The van der Waals surface area contributed by atoms with Crippen molar-refractivity contribution in [2.45, 2.75) is 43.7 Å². The number of likely N-dealkylation sites (N-methyl/N-ethyl adjacent to an activating group) is 1. The molecule has 0 aliphatic carbocycles. The monoisotopic (exact) mass is 404 g/mol. The smallest absolute Gasteiger partial charge is 0.245 e. The average molecular weight is 405 g/mol. The van der Waals surface area contributed by atoms with Crippen molar-refractivity contribution in [1.29, 1.82) is 0 Å². The molecule has 0 spiro atoms. The number of hydrogen-bond acceptors (Lipinski definition) is 5. The van der Waals surface area contributed by atoms with Crippen molar-refractivity contribution in [3.05, 3.63) is 48.0 Å². The molecule has 3 rings (SSSR count). The maximum Gasteiger partial charge on any atom is 0.245 e. The molecule has 2 aromatic rings. The van der Waals surface area contributed by atoms with E-state index in [1.54, 1.807) is 13.1 Å². The molecule has 0 radical (unpaired) electrons. The van der Waals surface area contributed by atoms with Gasteiger partial charge >= 0.3 is 0 Å². The Bertz CT molecular complexity index is 916. The predicted octanol–water partition coefficient (Wildman–Crippen LogP) is 3.52. The van der Waals surface area contributed by atoms with Crippen molar-refractivity contribution in [1.82, 2.24) is 4.31 Å². The number of aliphatic hydroxyl groups excluding tert-OH is 1. The zero-order valence-electron chi connectivity index (χ0n) is 16.6. The van der Waals surface area contributed by atoms with E-state index in [4.69, 9.17) is 4.74 Å². The first-order valence-corrected chi connectivity index (χ1v) is 11.0. The standard InChI is InChI=1S/C21H28N2O4S/c1-4-5-9-18-14-23(17-10-7-6-8-11-17)19-13-20(27-3)16(15-24)12-21(19)28(25,26)22(18)2/h6-8,10-13,18,24H,4-5,9,14-15H2,1-3H3. The summed E-state index contributed by atoms with van der Waals surface area (Å²) in [6.45, 7) is 2.36. The Morgan fingerprint density at radius 2 is 1.93 bits per heavy atom. The minimum atomic E-state index is -3.71. The van der Waals surface area contributed by atoms with Gasteiger partial charge in [0.2, 0.25) is 10.0 Å². The van der Waals surface area contributed by atoms with Crippen LogP contribution >= 0.6 is 0 Å². The minimum absolute atomic E-state index is 0.152. The van der Waals surface area contributed by atoms with Crippen LogP contribution in [0.2, 0.25) is 0 Å². The molecule has 0 saturated heterocycles. The molecule has 0 fully saturated rings. The maximum atomic E-state index is 13.4. The Morgan fingerprint density at radius 3 is 2.54 bits per heavy atom. The first-order valence-electron chi connectivity index (χ1n) is 9.56. The quantitative estimate of drug-likeness (QED) is 0.798. The molecule has 1 N–H and O–H groups in total. The molecule has 0 aromatic heterocycles. The van der Waals surface area contributed by atoms with Crippen LogP contribution in [0, 0.1) is 0 Å². The van der Waals surface area contributed by atoms with Gasteiger partial charge in [0.15, 0.2) is 0 Å². The third-order valence-corrected chi connectivity index (χ3v) is 7.29. The minimum Gasteiger partial charge on any atom is -0.496 e. The van der Waals surface area contributed by atoms with Crippen molar-refractivity contribution in [3.8, 4) is 5.75 Å². The van der Waals surface area contributed by atoms with Gasteiger partial charge in [0.25, 0.3) is 0 Å². The number of aliphatic hydroxyl groups is 1. The fourth-order valence-corrected chi connectivity index (χ4v) is 5.26. The van der Waals surface area contributed by atoms with Crippen molar-refractivity contribution < 1.29 is 18.3 Å². The van der Waals surface area contributed by atoms with Gasteiger partial charge < -0.3 is 14.7 Å². The fourth-order valence-electron chi connectivity index (χ4n) is 3.66. The lowest BCUT2D eigenvalue weighted by Gasteiger charge is -2.29. The molecule has 1 aliphatic rings. The van der Waals surface area contributed by atoms with Gasteiger partial charge in [0.1, 0.15) is 10.6 Å². The topological polar surface area (TPSA) is 70.1 Å². The number of nitrogens with zero attached hydrogens (tertiary/aromatic N) is 2. The molecule has 6 nitrogen and oxygen atoms in total. The van der Waals surface area contributed by atoms with Crippen LogP contribution in [-0.2, 0) is 16.6 Å². The number of methoxy groups -OCH3 is 1. The molecule has 2 aromatic carbocycles. The summed E-state index contributed by atoms with van der Waals surface area (Å²) in [6, 6.07) is 12.9. The Hall–Kier alpha value is -2.09. The first kappa shape index (κ1) is 20.6. The van der Waals surface area contributed by atoms with Gasteiger partial charge in [-0.2, -0.15) is 4.31 Å². The summed E-state index contributed by atoms with van der Waals surface area (Å²) < 4.78 is 33.7. The third kappa shape index (κ3) is 3.74. The van der Waals surface area contributed by atoms with Gasteiger partial charge in [0, 0.05) is 37.0 Å². The van der Waals surface area contributed by atoms with Gasteiger partial charge in [-0.3, -0.25) is 0 Å². The summed E-state index contributed by atoms with van der Waals surface area (Å²) in [6.07, 6.45) is 2.74. The van der Waals surface area contributed by atoms with Gasteiger partial charge in [-0.05, 0) is 24.6 Å². The molecule has 1 heterocycles. The summed E-state index contributed by atoms with van der Waals surface area (Å²) in [7, 11) is -0.538. The van der Waals surface area contributed by atoms with Crippen LogP contribution in [0.4, 0.5) is 11.4 Å². The van der Waals surface area contributed by atoms with E-state index in [1.165, 1.54) is 17.5 Å². The number of rotatable bonds is 6. The van der Waals surface area contributed by atoms with Crippen LogP contribution in [0.25, 0.3) is 0 Å². The number of anilines is 2. The summed E-state index contributed by atoms with van der Waals surface area (Å²) in [5.41, 5.74) is 1.96. The molecule has 0 amide bonds. The van der Waals surface area contributed by atoms with Crippen LogP contribution < -0.4 is 9.64 Å². The van der Waals surface area contributed by atoms with Crippen LogP contribution in [0.15, 0.2) is 47.4 Å². The van der Waals surface area contributed by atoms with Gasteiger partial charge in [-0.25, -0.2) is 8.42 Å². The van der Waals surface area contributed by atoms with Crippen LogP contribution in [-0.4, -0.2) is 44.6 Å². The van der Waals surface area contributed by atoms with Gasteiger partial charge in [-0.15, -0.1) is 0 Å². The molecule has 1 unspecified atom stereocenters. The number of fused-ring (bicyclic) bond motifs is 1. The van der Waals surface area contributed by atoms with E-state index in [1.807, 2.05) is 35.2 Å². The number of unbranched alkanes of at least 4 members (excludes halogenated alkanes) is 1. The maximum absolute atomic E-state index is 13.4. The van der Waals surface area contributed by atoms with E-state index in [0.717, 1.165) is 24.9 Å². The van der Waals surface area contributed by atoms with E-state index in [9.17, 15) is 13.5 Å². The van der Waals surface area contributed by atoms with Gasteiger partial charge in [-0.1, -0.05) is 38.0 Å².